The molecule has 4 atom stereocenters. The van der Waals surface area contributed by atoms with Crippen LogP contribution in [0, 0.1) is 24.6 Å². The number of aryl methyl sites for hydroxylation is 1. The minimum atomic E-state index is -1.27. The first-order chi connectivity index (χ1) is 14.9. The second-order valence-electron chi connectivity index (χ2n) is 8.76. The third-order valence-electron chi connectivity index (χ3n) is 7.35. The van der Waals surface area contributed by atoms with E-state index >= 15 is 0 Å². The van der Waals surface area contributed by atoms with Crippen molar-refractivity contribution in [2.24, 2.45) is 11.8 Å². The van der Waals surface area contributed by atoms with Gasteiger partial charge in [0.15, 0.2) is 0 Å². The topological polar surface area (TPSA) is 69.7 Å². The highest BCUT2D eigenvalue weighted by molar-refractivity contribution is 6.31. The zero-order valence-electron chi connectivity index (χ0n) is 16.7. The zero-order chi connectivity index (χ0) is 21.7. The van der Waals surface area contributed by atoms with Crippen LogP contribution in [0.25, 0.3) is 0 Å². The Morgan fingerprint density at radius 2 is 1.87 bits per heavy atom. The van der Waals surface area contributed by atoms with Crippen LogP contribution < -0.4 is 10.2 Å². The molecule has 0 aromatic heterocycles. The van der Waals surface area contributed by atoms with Crippen LogP contribution in [-0.4, -0.2) is 35.2 Å². The maximum absolute atomic E-state index is 13.8. The molecule has 31 heavy (non-hydrogen) atoms. The smallest absolute Gasteiger partial charge is 0.250 e. The number of nitrogens with one attached hydrogen (secondary N) is 1. The number of nitrogens with zero attached hydrogens (tertiary/aromatic N) is 2. The van der Waals surface area contributed by atoms with E-state index < -0.39 is 29.1 Å². The first kappa shape index (κ1) is 19.0. The van der Waals surface area contributed by atoms with Gasteiger partial charge < -0.3 is 5.32 Å². The van der Waals surface area contributed by atoms with Crippen LogP contribution in [0.3, 0.4) is 0 Å². The third kappa shape index (κ3) is 2.18. The molecule has 3 fully saturated rings. The fourth-order valence-electron chi connectivity index (χ4n) is 6.28. The third-order valence-corrected chi connectivity index (χ3v) is 7.57. The summed E-state index contributed by atoms with van der Waals surface area (Å²) in [5, 5.41) is 3.46. The summed E-state index contributed by atoms with van der Waals surface area (Å²) >= 11 is 6.37. The summed E-state index contributed by atoms with van der Waals surface area (Å²) in [6.07, 6.45) is 1.58. The van der Waals surface area contributed by atoms with Crippen molar-refractivity contribution in [1.29, 1.82) is 0 Å². The van der Waals surface area contributed by atoms with E-state index in [-0.39, 0.29) is 17.9 Å². The lowest BCUT2D eigenvalue weighted by molar-refractivity contribution is -0.135. The lowest BCUT2D eigenvalue weighted by Gasteiger charge is -2.36. The first-order valence-electron chi connectivity index (χ1n) is 10.4. The molecule has 1 spiro atoms. The molecule has 0 radical (unpaired) electrons. The van der Waals surface area contributed by atoms with Crippen LogP contribution in [0.15, 0.2) is 36.4 Å². The molecule has 4 heterocycles. The minimum absolute atomic E-state index is 0.206. The Balaban J connectivity index is 1.57. The number of carbonyl (C=O) groups is 3. The molecule has 0 saturated carbocycles. The molecule has 3 amide bonds. The molecule has 4 aliphatic heterocycles. The van der Waals surface area contributed by atoms with Crippen molar-refractivity contribution in [3.8, 4) is 0 Å². The van der Waals surface area contributed by atoms with E-state index in [1.165, 1.54) is 24.3 Å². The van der Waals surface area contributed by atoms with Crippen molar-refractivity contribution in [2.45, 2.75) is 31.3 Å². The predicted octanol–water partition coefficient (Wildman–Crippen LogP) is 3.22. The van der Waals surface area contributed by atoms with Crippen molar-refractivity contribution in [3.05, 3.63) is 58.4 Å². The van der Waals surface area contributed by atoms with E-state index in [1.807, 2.05) is 6.92 Å². The van der Waals surface area contributed by atoms with Gasteiger partial charge in [0.1, 0.15) is 11.4 Å². The van der Waals surface area contributed by atoms with Crippen LogP contribution in [0.4, 0.5) is 15.8 Å². The number of hydrogen-bond donors (Lipinski definition) is 1. The largest absolute Gasteiger partial charge is 0.324 e. The van der Waals surface area contributed by atoms with E-state index in [4.69, 9.17) is 11.6 Å². The maximum Gasteiger partial charge on any atom is 0.250 e. The number of amides is 3. The van der Waals surface area contributed by atoms with Gasteiger partial charge in [0.05, 0.1) is 17.5 Å². The van der Waals surface area contributed by atoms with E-state index in [0.717, 1.165) is 23.3 Å². The van der Waals surface area contributed by atoms with Gasteiger partial charge in [-0.15, -0.1) is 0 Å². The number of rotatable bonds is 1. The highest BCUT2D eigenvalue weighted by Gasteiger charge is 2.74. The Bertz CT molecular complexity index is 1180. The summed E-state index contributed by atoms with van der Waals surface area (Å²) in [5.74, 6) is -2.96. The standard InChI is InChI=1S/C23H19ClFN3O3/c1-11-9-12(24)10-15-19(11)26-22(31)23(15)18-17(16-3-2-8-27(16)23)20(29)28(21(18)30)14-6-4-13(25)5-7-14/h4-7,9-10,16-18H,2-3,8H2,1H3,(H,26,31). The average Bonchev–Trinajstić information content (AvgIpc) is 3.42. The second-order valence-corrected chi connectivity index (χ2v) is 9.20. The SMILES string of the molecule is Cc1cc(Cl)cc2c1NC(=O)C21C2C(=O)N(c3ccc(F)cc3)C(=O)C2C2CCCN21. The molecule has 6 nitrogen and oxygen atoms in total. The molecular weight excluding hydrogens is 421 g/mol. The predicted molar refractivity (Wildman–Crippen MR) is 112 cm³/mol. The Kier molecular flexibility index (Phi) is 3.76. The van der Waals surface area contributed by atoms with E-state index in [2.05, 4.69) is 10.2 Å². The van der Waals surface area contributed by atoms with Gasteiger partial charge in [-0.25, -0.2) is 9.29 Å². The summed E-state index contributed by atoms with van der Waals surface area (Å²) < 4.78 is 13.4. The van der Waals surface area contributed by atoms with Gasteiger partial charge >= 0.3 is 0 Å². The monoisotopic (exact) mass is 439 g/mol. The van der Waals surface area contributed by atoms with Crippen molar-refractivity contribution >= 4 is 40.7 Å². The van der Waals surface area contributed by atoms with Crippen molar-refractivity contribution < 1.29 is 18.8 Å². The number of fused-ring (bicyclic) bond motifs is 7. The molecule has 6 rings (SSSR count). The number of carbonyl (C=O) groups excluding carboxylic acids is 3. The van der Waals surface area contributed by atoms with E-state index in [9.17, 15) is 18.8 Å². The average molecular weight is 440 g/mol. The van der Waals surface area contributed by atoms with Crippen LogP contribution in [0.2, 0.25) is 5.02 Å². The lowest BCUT2D eigenvalue weighted by Crippen LogP contribution is -2.54. The molecule has 0 aliphatic carbocycles. The molecule has 4 aliphatic rings. The first-order valence-corrected chi connectivity index (χ1v) is 10.8. The Morgan fingerprint density at radius 3 is 2.61 bits per heavy atom. The normalized spacial score (nSPS) is 31.4. The highest BCUT2D eigenvalue weighted by atomic mass is 35.5. The summed E-state index contributed by atoms with van der Waals surface area (Å²) in [6.45, 7) is 2.50. The van der Waals surface area contributed by atoms with Crippen LogP contribution in [0.5, 0.6) is 0 Å². The van der Waals surface area contributed by atoms with Crippen molar-refractivity contribution in [2.75, 3.05) is 16.8 Å². The summed E-state index contributed by atoms with van der Waals surface area (Å²) in [7, 11) is 0. The van der Waals surface area contributed by atoms with Gasteiger partial charge in [-0.2, -0.15) is 0 Å². The van der Waals surface area contributed by atoms with Crippen molar-refractivity contribution in [1.82, 2.24) is 4.90 Å². The van der Waals surface area contributed by atoms with Crippen molar-refractivity contribution in [3.63, 3.8) is 0 Å². The minimum Gasteiger partial charge on any atom is -0.324 e. The second kappa shape index (κ2) is 6.14. The molecule has 4 unspecified atom stereocenters. The van der Waals surface area contributed by atoms with Gasteiger partial charge in [0, 0.05) is 22.3 Å². The Labute approximate surface area is 183 Å². The van der Waals surface area contributed by atoms with Gasteiger partial charge in [0.25, 0.3) is 0 Å². The molecule has 2 aromatic carbocycles. The molecule has 2 aromatic rings. The number of hydrogen-bond acceptors (Lipinski definition) is 4. The molecule has 0 bridgehead atoms. The molecule has 158 valence electrons. The van der Waals surface area contributed by atoms with Crippen LogP contribution >= 0.6 is 11.6 Å². The van der Waals surface area contributed by atoms with E-state index in [0.29, 0.717) is 28.5 Å². The number of halogens is 2. The summed E-state index contributed by atoms with van der Waals surface area (Å²) in [6, 6.07) is 8.62. The number of anilines is 2. The molecule has 3 saturated heterocycles. The zero-order valence-corrected chi connectivity index (χ0v) is 17.4. The Morgan fingerprint density at radius 1 is 1.13 bits per heavy atom. The van der Waals surface area contributed by atoms with Crippen LogP contribution in [0.1, 0.15) is 24.0 Å². The lowest BCUT2D eigenvalue weighted by atomic mass is 9.75. The summed E-state index contributed by atoms with van der Waals surface area (Å²) in [5.41, 5.74) is 1.22. The van der Waals surface area contributed by atoms with Gasteiger partial charge in [-0.05, 0) is 68.3 Å². The van der Waals surface area contributed by atoms with Gasteiger partial charge in [-0.1, -0.05) is 11.6 Å². The maximum atomic E-state index is 13.8. The number of benzene rings is 2. The van der Waals surface area contributed by atoms with E-state index in [1.54, 1.807) is 12.1 Å². The fourth-order valence-corrected chi connectivity index (χ4v) is 6.55. The van der Waals surface area contributed by atoms with Gasteiger partial charge in [0.2, 0.25) is 17.7 Å². The molecule has 8 heteroatoms. The van der Waals surface area contributed by atoms with Gasteiger partial charge in [-0.3, -0.25) is 19.3 Å². The quantitative estimate of drug-likeness (QED) is 0.693. The fraction of sp³-hybridized carbons (Fsp3) is 0.348. The summed E-state index contributed by atoms with van der Waals surface area (Å²) in [4.78, 5) is 44.1. The van der Waals surface area contributed by atoms with Crippen LogP contribution in [-0.2, 0) is 19.9 Å². The molecular formula is C23H19ClFN3O3. The number of imide groups is 1. The Hall–Kier alpha value is -2.77. The molecule has 1 N–H and O–H groups in total. The highest BCUT2D eigenvalue weighted by Crippen LogP contribution is 2.61.